The quantitative estimate of drug-likeness (QED) is 0.644. The summed E-state index contributed by atoms with van der Waals surface area (Å²) in [7, 11) is 1.86. The smallest absolute Gasteiger partial charge is 0.231 e. The Morgan fingerprint density at radius 2 is 2.00 bits per heavy atom. The number of piperidine rings is 1. The monoisotopic (exact) mass is 458 g/mol. The molecule has 1 saturated heterocycles. The molecule has 0 spiro atoms. The molecule has 0 unspecified atom stereocenters. The number of amides is 1. The second-order valence-electron chi connectivity index (χ2n) is 7.13. The summed E-state index contributed by atoms with van der Waals surface area (Å²) in [5, 5.41) is 8.28. The first-order chi connectivity index (χ1) is 14.1. The zero-order valence-electron chi connectivity index (χ0n) is 15.8. The second-order valence-corrected chi connectivity index (χ2v) is 7.88. The van der Waals surface area contributed by atoms with Gasteiger partial charge in [-0.3, -0.25) is 4.79 Å². The van der Waals surface area contributed by atoms with Crippen LogP contribution in [-0.2, 0) is 11.8 Å². The van der Waals surface area contributed by atoms with Crippen LogP contribution < -0.4 is 19.7 Å². The summed E-state index contributed by atoms with van der Waals surface area (Å²) in [6, 6.07) is 5.44. The fourth-order valence-electron chi connectivity index (χ4n) is 3.84. The summed E-state index contributed by atoms with van der Waals surface area (Å²) in [6.45, 7) is 1.70. The van der Waals surface area contributed by atoms with Gasteiger partial charge in [-0.1, -0.05) is 0 Å². The van der Waals surface area contributed by atoms with Gasteiger partial charge in [-0.15, -0.1) is 0 Å². The summed E-state index contributed by atoms with van der Waals surface area (Å²) < 4.78 is 13.1. The van der Waals surface area contributed by atoms with Crippen molar-refractivity contribution < 1.29 is 14.3 Å². The molecule has 2 aromatic heterocycles. The van der Waals surface area contributed by atoms with Crippen LogP contribution in [0.15, 0.2) is 29.1 Å². The average Bonchev–Trinajstić information content (AvgIpc) is 3.32. The highest BCUT2D eigenvalue weighted by molar-refractivity contribution is 9.10. The Bertz CT molecular complexity index is 1090. The maximum Gasteiger partial charge on any atom is 0.231 e. The van der Waals surface area contributed by atoms with Crippen molar-refractivity contribution in [2.24, 2.45) is 13.0 Å². The van der Waals surface area contributed by atoms with Crippen molar-refractivity contribution >= 4 is 44.4 Å². The van der Waals surface area contributed by atoms with Crippen molar-refractivity contribution in [3.05, 3.63) is 29.1 Å². The maximum absolute atomic E-state index is 12.7. The van der Waals surface area contributed by atoms with E-state index in [1.807, 2.05) is 19.2 Å². The van der Waals surface area contributed by atoms with E-state index < -0.39 is 0 Å². The van der Waals surface area contributed by atoms with Gasteiger partial charge >= 0.3 is 0 Å². The summed E-state index contributed by atoms with van der Waals surface area (Å²) in [5.41, 5.74) is 1.50. The van der Waals surface area contributed by atoms with E-state index in [0.717, 1.165) is 53.1 Å². The lowest BCUT2D eigenvalue weighted by Gasteiger charge is -2.32. The Morgan fingerprint density at radius 3 is 2.83 bits per heavy atom. The molecule has 0 bridgehead atoms. The van der Waals surface area contributed by atoms with E-state index >= 15 is 0 Å². The summed E-state index contributed by atoms with van der Waals surface area (Å²) in [5.74, 6) is 2.19. The third-order valence-corrected chi connectivity index (χ3v) is 5.92. The molecule has 1 N–H and O–H groups in total. The van der Waals surface area contributed by atoms with Gasteiger partial charge in [0.05, 0.1) is 5.39 Å². The predicted octanol–water partition coefficient (Wildman–Crippen LogP) is 2.71. The lowest BCUT2D eigenvalue weighted by atomic mass is 9.95. The van der Waals surface area contributed by atoms with Crippen LogP contribution in [0.3, 0.4) is 0 Å². The Labute approximate surface area is 175 Å². The first kappa shape index (κ1) is 18.2. The molecule has 150 valence electrons. The normalized spacial score (nSPS) is 16.4. The lowest BCUT2D eigenvalue weighted by molar-refractivity contribution is -0.120. The van der Waals surface area contributed by atoms with Gasteiger partial charge in [0.1, 0.15) is 16.7 Å². The van der Waals surface area contributed by atoms with Crippen LogP contribution >= 0.6 is 15.9 Å². The second kappa shape index (κ2) is 7.18. The minimum atomic E-state index is -0.0497. The molecular formula is C19H19BrN6O3. The number of ether oxygens (including phenoxy) is 2. The molecule has 10 heteroatoms. The van der Waals surface area contributed by atoms with Gasteiger partial charge in [-0.25, -0.2) is 14.6 Å². The standard InChI is InChI=1S/C19H19BrN6O3/c1-25-17-15(16(20)24-25)18(22-9-21-17)26-6-4-11(5-7-26)19(27)23-12-2-3-13-14(8-12)29-10-28-13/h2-3,8-9,11H,4-7,10H2,1H3,(H,23,27). The Balaban J connectivity index is 1.27. The number of hydrogen-bond donors (Lipinski definition) is 1. The van der Waals surface area contributed by atoms with Gasteiger partial charge in [0, 0.05) is 37.8 Å². The number of fused-ring (bicyclic) bond motifs is 2. The maximum atomic E-state index is 12.7. The number of hydrogen-bond acceptors (Lipinski definition) is 7. The third kappa shape index (κ3) is 3.27. The topological polar surface area (TPSA) is 94.4 Å². The number of aromatic nitrogens is 4. The van der Waals surface area contributed by atoms with Gasteiger partial charge in [0.2, 0.25) is 12.7 Å². The number of nitrogens with zero attached hydrogens (tertiary/aromatic N) is 5. The van der Waals surface area contributed by atoms with Gasteiger partial charge in [0.15, 0.2) is 17.1 Å². The van der Waals surface area contributed by atoms with E-state index in [4.69, 9.17) is 9.47 Å². The molecule has 0 atom stereocenters. The number of carbonyl (C=O) groups is 1. The Hall–Kier alpha value is -2.88. The van der Waals surface area contributed by atoms with Crippen molar-refractivity contribution in [3.63, 3.8) is 0 Å². The molecule has 4 heterocycles. The first-order valence-corrected chi connectivity index (χ1v) is 10.2. The van der Waals surface area contributed by atoms with Crippen LogP contribution in [0.5, 0.6) is 11.5 Å². The minimum Gasteiger partial charge on any atom is -0.454 e. The molecule has 2 aliphatic rings. The van der Waals surface area contributed by atoms with Gasteiger partial charge in [-0.2, -0.15) is 5.10 Å². The molecule has 0 radical (unpaired) electrons. The molecule has 29 heavy (non-hydrogen) atoms. The van der Waals surface area contributed by atoms with Crippen LogP contribution in [0.25, 0.3) is 11.0 Å². The van der Waals surface area contributed by atoms with Gasteiger partial charge in [-0.05, 0) is 40.9 Å². The molecule has 0 aliphatic carbocycles. The molecule has 1 amide bonds. The number of halogens is 1. The largest absolute Gasteiger partial charge is 0.454 e. The van der Waals surface area contributed by atoms with E-state index in [1.54, 1.807) is 17.1 Å². The highest BCUT2D eigenvalue weighted by Crippen LogP contribution is 2.35. The van der Waals surface area contributed by atoms with Crippen LogP contribution in [0.1, 0.15) is 12.8 Å². The zero-order chi connectivity index (χ0) is 20.0. The summed E-state index contributed by atoms with van der Waals surface area (Å²) in [4.78, 5) is 23.7. The number of rotatable bonds is 3. The number of aryl methyl sites for hydroxylation is 1. The van der Waals surface area contributed by atoms with Crippen molar-refractivity contribution in [1.82, 2.24) is 19.7 Å². The molecule has 9 nitrogen and oxygen atoms in total. The van der Waals surface area contributed by atoms with E-state index in [0.29, 0.717) is 11.5 Å². The van der Waals surface area contributed by atoms with Crippen molar-refractivity contribution in [3.8, 4) is 11.5 Å². The van der Waals surface area contributed by atoms with Crippen molar-refractivity contribution in [2.45, 2.75) is 12.8 Å². The fourth-order valence-corrected chi connectivity index (χ4v) is 4.43. The Kier molecular flexibility index (Phi) is 4.50. The highest BCUT2D eigenvalue weighted by atomic mass is 79.9. The van der Waals surface area contributed by atoms with E-state index in [1.165, 1.54) is 0 Å². The lowest BCUT2D eigenvalue weighted by Crippen LogP contribution is -2.38. The highest BCUT2D eigenvalue weighted by Gasteiger charge is 2.28. The number of carbonyl (C=O) groups excluding carboxylic acids is 1. The molecule has 0 saturated carbocycles. The Morgan fingerprint density at radius 1 is 1.21 bits per heavy atom. The van der Waals surface area contributed by atoms with Crippen LogP contribution in [-0.4, -0.2) is 45.5 Å². The molecule has 1 aromatic carbocycles. The molecule has 5 rings (SSSR count). The minimum absolute atomic E-state index is 0.0268. The van der Waals surface area contributed by atoms with Crippen LogP contribution in [0.4, 0.5) is 11.5 Å². The summed E-state index contributed by atoms with van der Waals surface area (Å²) >= 11 is 3.51. The zero-order valence-corrected chi connectivity index (χ0v) is 17.3. The van der Waals surface area contributed by atoms with Crippen LogP contribution in [0.2, 0.25) is 0 Å². The third-order valence-electron chi connectivity index (χ3n) is 5.36. The van der Waals surface area contributed by atoms with Gasteiger partial charge < -0.3 is 19.7 Å². The molecule has 2 aliphatic heterocycles. The average molecular weight is 459 g/mol. The summed E-state index contributed by atoms with van der Waals surface area (Å²) in [6.07, 6.45) is 3.06. The fraction of sp³-hybridized carbons (Fsp3) is 0.368. The van der Waals surface area contributed by atoms with Crippen LogP contribution in [0, 0.1) is 5.92 Å². The van der Waals surface area contributed by atoms with E-state index in [9.17, 15) is 4.79 Å². The SMILES string of the molecule is Cn1nc(Br)c2c(N3CCC(C(=O)Nc4ccc5c(c4)OCO5)CC3)ncnc21. The molecule has 3 aromatic rings. The molecule has 1 fully saturated rings. The number of nitrogens with one attached hydrogen (secondary N) is 1. The number of benzene rings is 1. The van der Waals surface area contributed by atoms with E-state index in [2.05, 4.69) is 41.2 Å². The predicted molar refractivity (Wildman–Crippen MR) is 110 cm³/mol. The number of anilines is 2. The molecular weight excluding hydrogens is 440 g/mol. The first-order valence-electron chi connectivity index (χ1n) is 9.39. The van der Waals surface area contributed by atoms with Gasteiger partial charge in [0.25, 0.3) is 0 Å². The van der Waals surface area contributed by atoms with E-state index in [-0.39, 0.29) is 18.6 Å². The van der Waals surface area contributed by atoms with Crippen molar-refractivity contribution in [2.75, 3.05) is 30.1 Å². The van der Waals surface area contributed by atoms with Crippen molar-refractivity contribution in [1.29, 1.82) is 0 Å².